The van der Waals surface area contributed by atoms with Gasteiger partial charge in [0.05, 0.1) is 17.8 Å². The van der Waals surface area contributed by atoms with Crippen molar-refractivity contribution in [2.75, 3.05) is 5.32 Å². The highest BCUT2D eigenvalue weighted by Crippen LogP contribution is 2.29. The van der Waals surface area contributed by atoms with E-state index in [1.807, 2.05) is 45.9 Å². The van der Waals surface area contributed by atoms with E-state index in [0.29, 0.717) is 17.1 Å². The predicted octanol–water partition coefficient (Wildman–Crippen LogP) is 3.37. The van der Waals surface area contributed by atoms with Crippen molar-refractivity contribution in [2.45, 2.75) is 34.2 Å². The molecule has 122 valence electrons. The van der Waals surface area contributed by atoms with Crippen LogP contribution in [0.4, 0.5) is 5.00 Å². The normalized spacial score (nSPS) is 11.1. The summed E-state index contributed by atoms with van der Waals surface area (Å²) in [6.07, 6.45) is 1.69. The van der Waals surface area contributed by atoms with Crippen molar-refractivity contribution in [1.29, 1.82) is 0 Å². The Morgan fingerprint density at radius 1 is 1.26 bits per heavy atom. The van der Waals surface area contributed by atoms with E-state index in [4.69, 9.17) is 0 Å². The largest absolute Gasteiger partial charge is 0.346 e. The average Bonchev–Trinajstić information content (AvgIpc) is 2.85. The lowest BCUT2D eigenvalue weighted by Gasteiger charge is -2.17. The first-order valence-corrected chi connectivity index (χ1v) is 8.19. The Labute approximate surface area is 140 Å². The summed E-state index contributed by atoms with van der Waals surface area (Å²) in [6, 6.07) is 7.34. The van der Waals surface area contributed by atoms with Crippen LogP contribution in [-0.4, -0.2) is 16.8 Å². The van der Waals surface area contributed by atoms with Crippen molar-refractivity contribution in [3.63, 3.8) is 0 Å². The molecule has 0 radical (unpaired) electrons. The van der Waals surface area contributed by atoms with Crippen LogP contribution in [0.25, 0.3) is 0 Å². The van der Waals surface area contributed by atoms with Crippen LogP contribution in [0.1, 0.15) is 41.7 Å². The lowest BCUT2D eigenvalue weighted by atomic mass is 9.96. The monoisotopic (exact) mass is 331 g/mol. The van der Waals surface area contributed by atoms with Gasteiger partial charge in [0.25, 0.3) is 5.91 Å². The zero-order chi connectivity index (χ0) is 17.0. The summed E-state index contributed by atoms with van der Waals surface area (Å²) in [5.74, 6) is -0.331. The molecule has 0 aliphatic rings. The number of hydrogen-bond donors (Lipinski definition) is 2. The van der Waals surface area contributed by atoms with Crippen molar-refractivity contribution in [1.82, 2.24) is 10.3 Å². The maximum atomic E-state index is 12.4. The van der Waals surface area contributed by atoms with Gasteiger partial charge in [-0.25, -0.2) is 0 Å². The third kappa shape index (κ3) is 4.63. The molecule has 2 heterocycles. The summed E-state index contributed by atoms with van der Waals surface area (Å²) in [5.41, 5.74) is 0.758. The Morgan fingerprint density at radius 2 is 2.00 bits per heavy atom. The van der Waals surface area contributed by atoms with E-state index in [1.165, 1.54) is 11.3 Å². The Morgan fingerprint density at radius 3 is 2.61 bits per heavy atom. The summed E-state index contributed by atoms with van der Waals surface area (Å²) in [5, 5.41) is 6.27. The van der Waals surface area contributed by atoms with Crippen LogP contribution in [-0.2, 0) is 11.3 Å². The van der Waals surface area contributed by atoms with Gasteiger partial charge in [0.15, 0.2) is 0 Å². The first-order chi connectivity index (χ1) is 10.8. The number of anilines is 1. The van der Waals surface area contributed by atoms with Crippen molar-refractivity contribution in [2.24, 2.45) is 5.41 Å². The summed E-state index contributed by atoms with van der Waals surface area (Å²) >= 11 is 1.40. The number of nitrogens with zero attached hydrogens (tertiary/aromatic N) is 1. The average molecular weight is 331 g/mol. The molecule has 6 heteroatoms. The zero-order valence-corrected chi connectivity index (χ0v) is 14.6. The van der Waals surface area contributed by atoms with Crippen LogP contribution in [0.15, 0.2) is 30.5 Å². The van der Waals surface area contributed by atoms with Gasteiger partial charge in [0, 0.05) is 16.5 Å². The topological polar surface area (TPSA) is 71.1 Å². The number of hydrogen-bond acceptors (Lipinski definition) is 4. The van der Waals surface area contributed by atoms with Gasteiger partial charge in [-0.3, -0.25) is 14.6 Å². The lowest BCUT2D eigenvalue weighted by Crippen LogP contribution is -2.29. The molecule has 2 aromatic heterocycles. The van der Waals surface area contributed by atoms with Crippen LogP contribution < -0.4 is 10.6 Å². The number of thiophene rings is 1. The van der Waals surface area contributed by atoms with E-state index in [0.717, 1.165) is 10.6 Å². The summed E-state index contributed by atoms with van der Waals surface area (Å²) < 4.78 is 0. The second kappa shape index (κ2) is 6.91. The van der Waals surface area contributed by atoms with Gasteiger partial charge in [-0.1, -0.05) is 26.8 Å². The molecule has 23 heavy (non-hydrogen) atoms. The molecule has 0 aliphatic carbocycles. The smallest absolute Gasteiger partial charge is 0.254 e. The van der Waals surface area contributed by atoms with Crippen LogP contribution in [0.2, 0.25) is 0 Å². The standard InChI is InChI=1S/C17H21N3O2S/c1-11-9-13(15(23-11)20-16(22)17(2,3)4)14(21)19-10-12-7-5-6-8-18-12/h5-9H,10H2,1-4H3,(H,19,21)(H,20,22). The number of rotatable bonds is 4. The van der Waals surface area contributed by atoms with Gasteiger partial charge >= 0.3 is 0 Å². The molecule has 0 bridgehead atoms. The number of carbonyl (C=O) groups is 2. The summed E-state index contributed by atoms with van der Waals surface area (Å²) in [7, 11) is 0. The highest BCUT2D eigenvalue weighted by Gasteiger charge is 2.24. The Bertz CT molecular complexity index is 702. The molecule has 0 aliphatic heterocycles. The minimum Gasteiger partial charge on any atom is -0.346 e. The molecule has 5 nitrogen and oxygen atoms in total. The highest BCUT2D eigenvalue weighted by molar-refractivity contribution is 7.16. The van der Waals surface area contributed by atoms with Gasteiger partial charge in [0.2, 0.25) is 5.91 Å². The highest BCUT2D eigenvalue weighted by atomic mass is 32.1. The van der Waals surface area contributed by atoms with Crippen LogP contribution >= 0.6 is 11.3 Å². The predicted molar refractivity (Wildman–Crippen MR) is 92.5 cm³/mol. The fraction of sp³-hybridized carbons (Fsp3) is 0.353. The molecule has 0 atom stereocenters. The summed E-state index contributed by atoms with van der Waals surface area (Å²) in [4.78, 5) is 29.7. The number of carbonyl (C=O) groups excluding carboxylic acids is 2. The molecule has 0 aromatic carbocycles. The molecule has 0 spiro atoms. The molecular weight excluding hydrogens is 310 g/mol. The molecule has 2 amide bonds. The second-order valence-corrected chi connectivity index (χ2v) is 7.56. The maximum absolute atomic E-state index is 12.4. The summed E-state index contributed by atoms with van der Waals surface area (Å²) in [6.45, 7) is 7.77. The zero-order valence-electron chi connectivity index (χ0n) is 13.8. The minimum atomic E-state index is -0.514. The van der Waals surface area contributed by atoms with Gasteiger partial charge in [-0.05, 0) is 25.1 Å². The van der Waals surface area contributed by atoms with Crippen molar-refractivity contribution in [3.05, 3.63) is 46.6 Å². The fourth-order valence-electron chi connectivity index (χ4n) is 1.84. The van der Waals surface area contributed by atoms with Gasteiger partial charge in [-0.15, -0.1) is 11.3 Å². The quantitative estimate of drug-likeness (QED) is 0.902. The van der Waals surface area contributed by atoms with E-state index < -0.39 is 5.41 Å². The molecule has 0 saturated heterocycles. The number of pyridine rings is 1. The lowest BCUT2D eigenvalue weighted by molar-refractivity contribution is -0.123. The SMILES string of the molecule is Cc1cc(C(=O)NCc2ccccn2)c(NC(=O)C(C)(C)C)s1. The van der Waals surface area contributed by atoms with E-state index in [2.05, 4.69) is 15.6 Å². The fourth-order valence-corrected chi connectivity index (χ4v) is 2.74. The first kappa shape index (κ1) is 17.1. The minimum absolute atomic E-state index is 0.113. The van der Waals surface area contributed by atoms with Gasteiger partial charge < -0.3 is 10.6 Å². The molecule has 2 rings (SSSR count). The van der Waals surface area contributed by atoms with E-state index in [-0.39, 0.29) is 11.8 Å². The Kier molecular flexibility index (Phi) is 5.15. The van der Waals surface area contributed by atoms with E-state index in [9.17, 15) is 9.59 Å². The molecule has 2 aromatic rings. The molecular formula is C17H21N3O2S. The van der Waals surface area contributed by atoms with Crippen molar-refractivity contribution >= 4 is 28.2 Å². The van der Waals surface area contributed by atoms with Crippen LogP contribution in [0, 0.1) is 12.3 Å². The van der Waals surface area contributed by atoms with Gasteiger partial charge in [-0.2, -0.15) is 0 Å². The molecule has 0 fully saturated rings. The van der Waals surface area contributed by atoms with Crippen molar-refractivity contribution < 1.29 is 9.59 Å². The van der Waals surface area contributed by atoms with Crippen molar-refractivity contribution in [3.8, 4) is 0 Å². The Hall–Kier alpha value is -2.21. The maximum Gasteiger partial charge on any atom is 0.254 e. The second-order valence-electron chi connectivity index (χ2n) is 6.31. The van der Waals surface area contributed by atoms with Crippen LogP contribution in [0.5, 0.6) is 0 Å². The number of nitrogens with one attached hydrogen (secondary N) is 2. The third-order valence-electron chi connectivity index (χ3n) is 3.16. The first-order valence-electron chi connectivity index (χ1n) is 7.37. The molecule has 0 unspecified atom stereocenters. The number of aromatic nitrogens is 1. The third-order valence-corrected chi connectivity index (χ3v) is 4.13. The number of amides is 2. The Balaban J connectivity index is 2.10. The molecule has 0 saturated carbocycles. The van der Waals surface area contributed by atoms with Crippen LogP contribution in [0.3, 0.4) is 0 Å². The van der Waals surface area contributed by atoms with E-state index >= 15 is 0 Å². The number of aryl methyl sites for hydroxylation is 1. The van der Waals surface area contributed by atoms with E-state index in [1.54, 1.807) is 12.3 Å². The van der Waals surface area contributed by atoms with Gasteiger partial charge in [0.1, 0.15) is 5.00 Å². The molecule has 2 N–H and O–H groups in total.